The first kappa shape index (κ1) is 22.4. The zero-order valence-electron chi connectivity index (χ0n) is 18.7. The lowest BCUT2D eigenvalue weighted by atomic mass is 9.87. The summed E-state index contributed by atoms with van der Waals surface area (Å²) in [5, 5.41) is 2.99. The molecule has 0 radical (unpaired) electrons. The van der Waals surface area contributed by atoms with Crippen LogP contribution < -0.4 is 10.2 Å². The van der Waals surface area contributed by atoms with Crippen LogP contribution in [0.2, 0.25) is 0 Å². The predicted molar refractivity (Wildman–Crippen MR) is 121 cm³/mol. The molecule has 2 fully saturated rings. The van der Waals surface area contributed by atoms with Crippen LogP contribution in [0.4, 0.5) is 5.95 Å². The Kier molecular flexibility index (Phi) is 7.12. The summed E-state index contributed by atoms with van der Waals surface area (Å²) in [5.41, 5.74) is 1.62. The van der Waals surface area contributed by atoms with E-state index in [9.17, 15) is 9.59 Å². The fraction of sp³-hybridized carbons (Fsp3) is 0.500. The van der Waals surface area contributed by atoms with Crippen molar-refractivity contribution >= 4 is 17.6 Å². The van der Waals surface area contributed by atoms with E-state index in [0.717, 1.165) is 18.7 Å². The molecule has 0 spiro atoms. The third-order valence-electron chi connectivity index (χ3n) is 5.95. The number of ether oxygens (including phenoxy) is 1. The quantitative estimate of drug-likeness (QED) is 0.661. The summed E-state index contributed by atoms with van der Waals surface area (Å²) in [6.45, 7) is 8.52. The van der Waals surface area contributed by atoms with E-state index in [1.165, 1.54) is 0 Å². The molecule has 0 bridgehead atoms. The number of aromatic nitrogens is 2. The Morgan fingerprint density at radius 3 is 2.38 bits per heavy atom. The van der Waals surface area contributed by atoms with Crippen molar-refractivity contribution in [3.05, 3.63) is 53.9 Å². The van der Waals surface area contributed by atoms with Gasteiger partial charge in [0.2, 0.25) is 11.9 Å². The molecule has 170 valence electrons. The number of Topliss-reactive ketones (excluding diaryl/α,β-unsaturated/α-hetero) is 1. The van der Waals surface area contributed by atoms with Gasteiger partial charge < -0.3 is 15.0 Å². The van der Waals surface area contributed by atoms with Crippen molar-refractivity contribution in [2.24, 2.45) is 11.8 Å². The number of anilines is 1. The van der Waals surface area contributed by atoms with Crippen LogP contribution >= 0.6 is 0 Å². The Morgan fingerprint density at radius 1 is 1.06 bits per heavy atom. The Labute approximate surface area is 189 Å². The second-order valence-corrected chi connectivity index (χ2v) is 8.79. The summed E-state index contributed by atoms with van der Waals surface area (Å²) in [4.78, 5) is 39.4. The molecule has 2 aliphatic heterocycles. The fourth-order valence-electron chi connectivity index (χ4n) is 4.37. The summed E-state index contributed by atoms with van der Waals surface area (Å²) in [6.07, 6.45) is 3.68. The van der Waals surface area contributed by atoms with E-state index in [2.05, 4.69) is 25.1 Å². The van der Waals surface area contributed by atoms with Crippen LogP contribution in [0.3, 0.4) is 0 Å². The molecule has 2 aliphatic rings. The monoisotopic (exact) mass is 437 g/mol. The van der Waals surface area contributed by atoms with Crippen molar-refractivity contribution < 1.29 is 14.3 Å². The predicted octanol–water partition coefficient (Wildman–Crippen LogP) is 1.77. The molecule has 2 saturated heterocycles. The number of benzene rings is 1. The lowest BCUT2D eigenvalue weighted by Gasteiger charge is -2.26. The maximum atomic E-state index is 13.2. The van der Waals surface area contributed by atoms with Gasteiger partial charge in [-0.1, -0.05) is 30.3 Å². The standard InChI is InChI=1S/C24H31N5O3/c1-17(2)27-23(31)21-16-28(15-20(21)22(30)19-6-4-3-5-7-19)14-18-12-25-24(26-13-18)29-8-10-32-11-9-29/h3-7,12-13,17,20-21H,8-11,14-16H2,1-2H3,(H,27,31)/t20-,21-/m1/s1. The molecule has 0 saturated carbocycles. The minimum absolute atomic E-state index is 0.0240. The molecule has 1 amide bonds. The van der Waals surface area contributed by atoms with Crippen molar-refractivity contribution in [1.82, 2.24) is 20.2 Å². The number of ketones is 1. The number of nitrogens with zero attached hydrogens (tertiary/aromatic N) is 4. The average Bonchev–Trinajstić information content (AvgIpc) is 3.24. The maximum Gasteiger partial charge on any atom is 0.225 e. The van der Waals surface area contributed by atoms with Crippen molar-refractivity contribution in [3.8, 4) is 0 Å². The van der Waals surface area contributed by atoms with Gasteiger partial charge in [0.15, 0.2) is 5.78 Å². The highest BCUT2D eigenvalue weighted by atomic mass is 16.5. The van der Waals surface area contributed by atoms with Crippen LogP contribution in [0.5, 0.6) is 0 Å². The molecule has 8 nitrogen and oxygen atoms in total. The highest BCUT2D eigenvalue weighted by Gasteiger charge is 2.42. The number of morpholine rings is 1. The molecule has 1 aromatic heterocycles. The number of hydrogen-bond acceptors (Lipinski definition) is 7. The maximum absolute atomic E-state index is 13.2. The van der Waals surface area contributed by atoms with Gasteiger partial charge >= 0.3 is 0 Å². The van der Waals surface area contributed by atoms with Crippen molar-refractivity contribution in [3.63, 3.8) is 0 Å². The van der Waals surface area contributed by atoms with E-state index in [1.54, 1.807) is 0 Å². The Balaban J connectivity index is 1.46. The lowest BCUT2D eigenvalue weighted by molar-refractivity contribution is -0.125. The molecule has 8 heteroatoms. The average molecular weight is 438 g/mol. The molecule has 32 heavy (non-hydrogen) atoms. The summed E-state index contributed by atoms with van der Waals surface area (Å²) in [6, 6.07) is 9.28. The molecular formula is C24H31N5O3. The smallest absolute Gasteiger partial charge is 0.225 e. The summed E-state index contributed by atoms with van der Waals surface area (Å²) in [7, 11) is 0. The van der Waals surface area contributed by atoms with Gasteiger partial charge in [0.05, 0.1) is 19.1 Å². The number of nitrogens with one attached hydrogen (secondary N) is 1. The van der Waals surface area contributed by atoms with Gasteiger partial charge in [-0.3, -0.25) is 14.5 Å². The van der Waals surface area contributed by atoms with Crippen LogP contribution in [0.1, 0.15) is 29.8 Å². The molecule has 0 unspecified atom stereocenters. The summed E-state index contributed by atoms with van der Waals surface area (Å²) >= 11 is 0. The number of rotatable bonds is 7. The van der Waals surface area contributed by atoms with Crippen LogP contribution in [-0.2, 0) is 16.1 Å². The van der Waals surface area contributed by atoms with Crippen molar-refractivity contribution in [1.29, 1.82) is 0 Å². The minimum Gasteiger partial charge on any atom is -0.378 e. The van der Waals surface area contributed by atoms with Gasteiger partial charge in [-0.2, -0.15) is 0 Å². The van der Waals surface area contributed by atoms with Gasteiger partial charge in [0, 0.05) is 68.2 Å². The van der Waals surface area contributed by atoms with E-state index in [0.29, 0.717) is 44.4 Å². The third kappa shape index (κ3) is 5.31. The molecular weight excluding hydrogens is 406 g/mol. The first-order valence-corrected chi connectivity index (χ1v) is 11.3. The van der Waals surface area contributed by atoms with E-state index in [-0.39, 0.29) is 29.6 Å². The largest absolute Gasteiger partial charge is 0.378 e. The number of likely N-dealkylation sites (tertiary alicyclic amines) is 1. The van der Waals surface area contributed by atoms with Crippen LogP contribution in [0.25, 0.3) is 0 Å². The first-order valence-electron chi connectivity index (χ1n) is 11.3. The molecule has 1 aromatic carbocycles. The van der Waals surface area contributed by atoms with Gasteiger partial charge in [0.1, 0.15) is 0 Å². The van der Waals surface area contributed by atoms with Crippen LogP contribution in [0, 0.1) is 11.8 Å². The highest BCUT2D eigenvalue weighted by molar-refractivity contribution is 6.01. The van der Waals surface area contributed by atoms with E-state index in [1.807, 2.05) is 56.6 Å². The number of carbonyl (C=O) groups excluding carboxylic acids is 2. The number of hydrogen-bond donors (Lipinski definition) is 1. The summed E-state index contributed by atoms with van der Waals surface area (Å²) in [5.74, 6) is -0.0697. The highest BCUT2D eigenvalue weighted by Crippen LogP contribution is 2.28. The number of carbonyl (C=O) groups is 2. The first-order chi connectivity index (χ1) is 15.5. The van der Waals surface area contributed by atoms with Crippen LogP contribution in [-0.4, -0.2) is 72.0 Å². The van der Waals surface area contributed by atoms with E-state index < -0.39 is 0 Å². The van der Waals surface area contributed by atoms with Crippen molar-refractivity contribution in [2.75, 3.05) is 44.3 Å². The molecule has 3 heterocycles. The Bertz CT molecular complexity index is 913. The molecule has 2 atom stereocenters. The second kappa shape index (κ2) is 10.2. The molecule has 4 rings (SSSR count). The zero-order chi connectivity index (χ0) is 22.5. The zero-order valence-corrected chi connectivity index (χ0v) is 18.7. The second-order valence-electron chi connectivity index (χ2n) is 8.79. The lowest BCUT2D eigenvalue weighted by Crippen LogP contribution is -2.40. The van der Waals surface area contributed by atoms with Gasteiger partial charge in [-0.25, -0.2) is 9.97 Å². The molecule has 2 aromatic rings. The third-order valence-corrected chi connectivity index (χ3v) is 5.95. The van der Waals surface area contributed by atoms with Gasteiger partial charge in [-0.15, -0.1) is 0 Å². The summed E-state index contributed by atoms with van der Waals surface area (Å²) < 4.78 is 5.38. The van der Waals surface area contributed by atoms with Crippen LogP contribution in [0.15, 0.2) is 42.7 Å². The SMILES string of the molecule is CC(C)NC(=O)[C@@H]1CN(Cc2cnc(N3CCOCC3)nc2)C[C@H]1C(=O)c1ccccc1. The molecule has 1 N–H and O–H groups in total. The minimum atomic E-state index is -0.376. The number of amides is 1. The van der Waals surface area contributed by atoms with Crippen molar-refractivity contribution in [2.45, 2.75) is 26.4 Å². The van der Waals surface area contributed by atoms with Gasteiger partial charge in [0.25, 0.3) is 0 Å². The Morgan fingerprint density at radius 2 is 1.72 bits per heavy atom. The van der Waals surface area contributed by atoms with Gasteiger partial charge in [-0.05, 0) is 13.8 Å². The van der Waals surface area contributed by atoms with E-state index in [4.69, 9.17) is 4.74 Å². The van der Waals surface area contributed by atoms with E-state index >= 15 is 0 Å². The fourth-order valence-corrected chi connectivity index (χ4v) is 4.37. The topological polar surface area (TPSA) is 87.7 Å². The normalized spacial score (nSPS) is 21.7. The Hall–Kier alpha value is -2.84. The molecule has 0 aliphatic carbocycles.